The molecule has 0 unspecified atom stereocenters. The van der Waals surface area contributed by atoms with Crippen molar-refractivity contribution in [1.29, 1.82) is 0 Å². The van der Waals surface area contributed by atoms with Crippen LogP contribution in [0.15, 0.2) is 18.2 Å². The second kappa shape index (κ2) is 4.56. The van der Waals surface area contributed by atoms with Gasteiger partial charge in [0.15, 0.2) is 29.0 Å². The molecular formula is C12H11F2N3O. The van der Waals surface area contributed by atoms with E-state index in [-0.39, 0.29) is 23.1 Å². The van der Waals surface area contributed by atoms with Gasteiger partial charge < -0.3 is 10.5 Å². The number of rotatable bonds is 2. The Labute approximate surface area is 102 Å². The average molecular weight is 251 g/mol. The average Bonchev–Trinajstić information content (AvgIpc) is 2.36. The zero-order chi connectivity index (χ0) is 13.3. The Morgan fingerprint density at radius 3 is 2.56 bits per heavy atom. The maximum absolute atomic E-state index is 13.3. The normalized spacial score (nSPS) is 10.4. The van der Waals surface area contributed by atoms with Crippen LogP contribution >= 0.6 is 0 Å². The molecular weight excluding hydrogens is 240 g/mol. The van der Waals surface area contributed by atoms with Crippen LogP contribution in [0.2, 0.25) is 0 Å². The molecule has 0 spiro atoms. The van der Waals surface area contributed by atoms with Crippen LogP contribution in [0, 0.1) is 18.6 Å². The SMILES string of the molecule is COc1cc(-c2nc(C)c(F)c(N)n2)ccc1F. The lowest BCUT2D eigenvalue weighted by Gasteiger charge is -2.07. The van der Waals surface area contributed by atoms with Crippen molar-refractivity contribution in [2.24, 2.45) is 0 Å². The van der Waals surface area contributed by atoms with Crippen LogP contribution in [-0.2, 0) is 0 Å². The van der Waals surface area contributed by atoms with E-state index in [0.29, 0.717) is 5.56 Å². The van der Waals surface area contributed by atoms with Crippen molar-refractivity contribution in [3.05, 3.63) is 35.5 Å². The molecule has 0 saturated heterocycles. The molecule has 2 rings (SSSR count). The zero-order valence-electron chi connectivity index (χ0n) is 9.87. The molecule has 2 N–H and O–H groups in total. The lowest BCUT2D eigenvalue weighted by atomic mass is 10.2. The lowest BCUT2D eigenvalue weighted by Crippen LogP contribution is -2.03. The number of benzene rings is 1. The van der Waals surface area contributed by atoms with Crippen molar-refractivity contribution < 1.29 is 13.5 Å². The standard InChI is InChI=1S/C12H11F2N3O/c1-6-10(14)11(15)17-12(16-6)7-3-4-8(13)9(5-7)18-2/h3-5H,1-2H3,(H2,15,16,17). The third kappa shape index (κ3) is 2.09. The minimum Gasteiger partial charge on any atom is -0.494 e. The van der Waals surface area contributed by atoms with Crippen molar-refractivity contribution >= 4 is 5.82 Å². The lowest BCUT2D eigenvalue weighted by molar-refractivity contribution is 0.386. The summed E-state index contributed by atoms with van der Waals surface area (Å²) in [5, 5.41) is 0. The van der Waals surface area contributed by atoms with Gasteiger partial charge in [0, 0.05) is 5.56 Å². The van der Waals surface area contributed by atoms with E-state index in [9.17, 15) is 8.78 Å². The molecule has 1 heterocycles. The van der Waals surface area contributed by atoms with Gasteiger partial charge in [-0.2, -0.15) is 0 Å². The Balaban J connectivity index is 2.55. The Kier molecular flexibility index (Phi) is 3.10. The van der Waals surface area contributed by atoms with Crippen LogP contribution < -0.4 is 10.5 Å². The molecule has 1 aromatic heterocycles. The number of nitrogens with zero attached hydrogens (tertiary/aromatic N) is 2. The van der Waals surface area contributed by atoms with Crippen LogP contribution in [0.5, 0.6) is 5.75 Å². The molecule has 1 aromatic carbocycles. The highest BCUT2D eigenvalue weighted by atomic mass is 19.1. The summed E-state index contributed by atoms with van der Waals surface area (Å²) in [4.78, 5) is 7.79. The van der Waals surface area contributed by atoms with Gasteiger partial charge in [0.25, 0.3) is 0 Å². The van der Waals surface area contributed by atoms with Crippen molar-refractivity contribution in [2.45, 2.75) is 6.92 Å². The number of anilines is 1. The highest BCUT2D eigenvalue weighted by Gasteiger charge is 2.12. The molecule has 0 fully saturated rings. The number of methoxy groups -OCH3 is 1. The molecule has 0 saturated carbocycles. The monoisotopic (exact) mass is 251 g/mol. The molecule has 0 bridgehead atoms. The summed E-state index contributed by atoms with van der Waals surface area (Å²) in [6.07, 6.45) is 0. The van der Waals surface area contributed by atoms with Gasteiger partial charge in [0.2, 0.25) is 0 Å². The number of aromatic nitrogens is 2. The van der Waals surface area contributed by atoms with Crippen LogP contribution in [0.4, 0.5) is 14.6 Å². The first-order chi connectivity index (χ1) is 8.52. The molecule has 0 atom stereocenters. The number of hydrogen-bond acceptors (Lipinski definition) is 4. The summed E-state index contributed by atoms with van der Waals surface area (Å²) >= 11 is 0. The molecule has 0 amide bonds. The Morgan fingerprint density at radius 1 is 1.22 bits per heavy atom. The summed E-state index contributed by atoms with van der Waals surface area (Å²) < 4.78 is 31.4. The molecule has 0 aliphatic heterocycles. The summed E-state index contributed by atoms with van der Waals surface area (Å²) in [6.45, 7) is 1.48. The number of aryl methyl sites for hydroxylation is 1. The molecule has 18 heavy (non-hydrogen) atoms. The van der Waals surface area contributed by atoms with Crippen LogP contribution in [0.25, 0.3) is 11.4 Å². The minimum atomic E-state index is -0.646. The highest BCUT2D eigenvalue weighted by Crippen LogP contribution is 2.25. The van der Waals surface area contributed by atoms with Gasteiger partial charge >= 0.3 is 0 Å². The van der Waals surface area contributed by atoms with E-state index in [1.807, 2.05) is 0 Å². The molecule has 0 aliphatic carbocycles. The van der Waals surface area contributed by atoms with Crippen molar-refractivity contribution in [3.63, 3.8) is 0 Å². The maximum atomic E-state index is 13.3. The van der Waals surface area contributed by atoms with Gasteiger partial charge in [0.1, 0.15) is 0 Å². The Bertz CT molecular complexity index is 579. The van der Waals surface area contributed by atoms with E-state index in [1.54, 1.807) is 0 Å². The van der Waals surface area contributed by atoms with Gasteiger partial charge in [0.05, 0.1) is 12.8 Å². The van der Waals surface area contributed by atoms with E-state index < -0.39 is 11.6 Å². The van der Waals surface area contributed by atoms with Gasteiger partial charge in [-0.3, -0.25) is 0 Å². The van der Waals surface area contributed by atoms with E-state index in [0.717, 1.165) is 0 Å². The van der Waals surface area contributed by atoms with Crippen LogP contribution in [0.1, 0.15) is 5.69 Å². The molecule has 6 heteroatoms. The van der Waals surface area contributed by atoms with Gasteiger partial charge in [-0.25, -0.2) is 18.7 Å². The number of hydrogen-bond donors (Lipinski definition) is 1. The minimum absolute atomic E-state index is 0.0663. The van der Waals surface area contributed by atoms with Crippen molar-refractivity contribution in [2.75, 3.05) is 12.8 Å². The number of nitrogens with two attached hydrogens (primary N) is 1. The van der Waals surface area contributed by atoms with Gasteiger partial charge in [-0.1, -0.05) is 0 Å². The zero-order valence-corrected chi connectivity index (χ0v) is 9.87. The summed E-state index contributed by atoms with van der Waals surface area (Å²) in [7, 11) is 1.35. The third-order valence-electron chi connectivity index (χ3n) is 2.45. The number of halogens is 2. The second-order valence-electron chi connectivity index (χ2n) is 3.68. The number of nitrogen functional groups attached to an aromatic ring is 1. The Morgan fingerprint density at radius 2 is 1.94 bits per heavy atom. The van der Waals surface area contributed by atoms with E-state index in [4.69, 9.17) is 10.5 Å². The molecule has 0 aliphatic rings. The molecule has 94 valence electrons. The summed E-state index contributed by atoms with van der Waals surface area (Å²) in [6, 6.07) is 4.14. The summed E-state index contributed by atoms with van der Waals surface area (Å²) in [5.74, 6) is -1.08. The quantitative estimate of drug-likeness (QED) is 0.889. The topological polar surface area (TPSA) is 61.0 Å². The largest absolute Gasteiger partial charge is 0.494 e. The second-order valence-corrected chi connectivity index (χ2v) is 3.68. The fraction of sp³-hybridized carbons (Fsp3) is 0.167. The van der Waals surface area contributed by atoms with Crippen LogP contribution in [0.3, 0.4) is 0 Å². The third-order valence-corrected chi connectivity index (χ3v) is 2.45. The molecule has 2 aromatic rings. The van der Waals surface area contributed by atoms with Gasteiger partial charge in [-0.05, 0) is 25.1 Å². The number of ether oxygens (including phenoxy) is 1. The first kappa shape index (κ1) is 12.2. The molecule has 4 nitrogen and oxygen atoms in total. The van der Waals surface area contributed by atoms with E-state index in [1.165, 1.54) is 32.2 Å². The maximum Gasteiger partial charge on any atom is 0.186 e. The Hall–Kier alpha value is -2.24. The summed E-state index contributed by atoms with van der Waals surface area (Å²) in [5.41, 5.74) is 6.07. The first-order valence-electron chi connectivity index (χ1n) is 5.16. The van der Waals surface area contributed by atoms with Crippen molar-refractivity contribution in [1.82, 2.24) is 9.97 Å². The predicted molar refractivity (Wildman–Crippen MR) is 63.1 cm³/mol. The van der Waals surface area contributed by atoms with Gasteiger partial charge in [-0.15, -0.1) is 0 Å². The fourth-order valence-electron chi connectivity index (χ4n) is 1.51. The predicted octanol–water partition coefficient (Wildman–Crippen LogP) is 2.32. The first-order valence-corrected chi connectivity index (χ1v) is 5.16. The van der Waals surface area contributed by atoms with Crippen molar-refractivity contribution in [3.8, 4) is 17.1 Å². The molecule has 0 radical (unpaired) electrons. The highest BCUT2D eigenvalue weighted by molar-refractivity contribution is 5.59. The smallest absolute Gasteiger partial charge is 0.186 e. The van der Waals surface area contributed by atoms with Crippen LogP contribution in [-0.4, -0.2) is 17.1 Å². The fourth-order valence-corrected chi connectivity index (χ4v) is 1.51. The van der Waals surface area contributed by atoms with E-state index in [2.05, 4.69) is 9.97 Å². The van der Waals surface area contributed by atoms with E-state index >= 15 is 0 Å².